The van der Waals surface area contributed by atoms with Gasteiger partial charge in [-0.05, 0) is 48.6 Å². The van der Waals surface area contributed by atoms with E-state index in [1.807, 2.05) is 12.3 Å². The minimum absolute atomic E-state index is 0.186. The van der Waals surface area contributed by atoms with Crippen LogP contribution in [-0.4, -0.2) is 18.0 Å². The van der Waals surface area contributed by atoms with Crippen LogP contribution in [0.3, 0.4) is 0 Å². The summed E-state index contributed by atoms with van der Waals surface area (Å²) >= 11 is 1.68. The lowest BCUT2D eigenvalue weighted by atomic mass is 9.97. The van der Waals surface area contributed by atoms with Crippen molar-refractivity contribution in [1.82, 2.24) is 0 Å². The average Bonchev–Trinajstić information content (AvgIpc) is 3.02. The highest BCUT2D eigenvalue weighted by atomic mass is 32.2. The molecule has 0 aromatic heterocycles. The quantitative estimate of drug-likeness (QED) is 0.608. The predicted octanol–water partition coefficient (Wildman–Crippen LogP) is 2.31. The Morgan fingerprint density at radius 3 is 2.73 bits per heavy atom. The van der Waals surface area contributed by atoms with Gasteiger partial charge < -0.3 is 10.8 Å². The molecule has 0 spiro atoms. The molecule has 15 heavy (non-hydrogen) atoms. The summed E-state index contributed by atoms with van der Waals surface area (Å²) in [4.78, 5) is 1.14. The lowest BCUT2D eigenvalue weighted by Gasteiger charge is -2.12. The first kappa shape index (κ1) is 10.8. The normalized spacial score (nSPS) is 17.7. The Bertz CT molecular complexity index is 361. The van der Waals surface area contributed by atoms with E-state index in [1.54, 1.807) is 11.8 Å². The van der Waals surface area contributed by atoms with Gasteiger partial charge in [0.1, 0.15) is 0 Å². The van der Waals surface area contributed by atoms with Crippen LogP contribution >= 0.6 is 11.8 Å². The molecule has 0 radical (unpaired) electrons. The van der Waals surface area contributed by atoms with E-state index >= 15 is 0 Å². The Labute approximate surface area is 94.9 Å². The van der Waals surface area contributed by atoms with Crippen LogP contribution < -0.4 is 5.73 Å². The van der Waals surface area contributed by atoms with Crippen LogP contribution in [-0.2, 0) is 6.42 Å². The van der Waals surface area contributed by atoms with Crippen molar-refractivity contribution in [2.24, 2.45) is 5.41 Å². The van der Waals surface area contributed by atoms with Crippen LogP contribution in [0.2, 0.25) is 0 Å². The van der Waals surface area contributed by atoms with Gasteiger partial charge in [-0.2, -0.15) is 0 Å². The average molecular weight is 223 g/mol. The Morgan fingerprint density at radius 1 is 1.47 bits per heavy atom. The Kier molecular flexibility index (Phi) is 2.94. The van der Waals surface area contributed by atoms with Crippen molar-refractivity contribution < 1.29 is 5.11 Å². The van der Waals surface area contributed by atoms with Gasteiger partial charge in [-0.25, -0.2) is 0 Å². The van der Waals surface area contributed by atoms with Crippen molar-refractivity contribution in [3.05, 3.63) is 23.8 Å². The Morgan fingerprint density at radius 2 is 2.20 bits per heavy atom. The molecular weight excluding hydrogens is 206 g/mol. The second-order valence-corrected chi connectivity index (χ2v) is 5.26. The largest absolute Gasteiger partial charge is 0.398 e. The van der Waals surface area contributed by atoms with Crippen LogP contribution in [0.1, 0.15) is 18.4 Å². The van der Waals surface area contributed by atoms with Gasteiger partial charge in [0.15, 0.2) is 0 Å². The molecule has 0 amide bonds. The first-order valence-electron chi connectivity index (χ1n) is 5.22. The van der Waals surface area contributed by atoms with Gasteiger partial charge in [0.2, 0.25) is 0 Å². The molecule has 0 atom stereocenters. The van der Waals surface area contributed by atoms with Crippen LogP contribution in [0.25, 0.3) is 0 Å². The zero-order valence-corrected chi connectivity index (χ0v) is 9.81. The lowest BCUT2D eigenvalue weighted by Crippen LogP contribution is -2.10. The zero-order chi connectivity index (χ0) is 10.9. The van der Waals surface area contributed by atoms with Crippen LogP contribution in [0.4, 0.5) is 5.69 Å². The monoisotopic (exact) mass is 223 g/mol. The van der Waals surface area contributed by atoms with E-state index in [1.165, 1.54) is 5.56 Å². The molecule has 82 valence electrons. The third-order valence-electron chi connectivity index (χ3n) is 3.17. The molecule has 1 saturated carbocycles. The van der Waals surface area contributed by atoms with Gasteiger partial charge in [0.25, 0.3) is 0 Å². The molecular formula is C12H17NOS. The first-order chi connectivity index (χ1) is 7.19. The van der Waals surface area contributed by atoms with Crippen LogP contribution in [0.5, 0.6) is 0 Å². The molecule has 1 fully saturated rings. The molecule has 3 heteroatoms. The van der Waals surface area contributed by atoms with Crippen molar-refractivity contribution in [3.63, 3.8) is 0 Å². The molecule has 2 rings (SSSR count). The number of rotatable bonds is 4. The van der Waals surface area contributed by atoms with E-state index in [2.05, 4.69) is 12.1 Å². The summed E-state index contributed by atoms with van der Waals surface area (Å²) in [7, 11) is 0. The zero-order valence-electron chi connectivity index (χ0n) is 8.99. The highest BCUT2D eigenvalue weighted by molar-refractivity contribution is 7.98. The van der Waals surface area contributed by atoms with Crippen LogP contribution in [0.15, 0.2) is 23.1 Å². The number of anilines is 1. The van der Waals surface area contributed by atoms with Gasteiger partial charge in [-0.3, -0.25) is 0 Å². The molecule has 3 N–H and O–H groups in total. The maximum absolute atomic E-state index is 9.27. The number of thioether (sulfide) groups is 1. The highest BCUT2D eigenvalue weighted by Gasteiger charge is 2.41. The molecule has 0 saturated heterocycles. The Hall–Kier alpha value is -0.670. The maximum Gasteiger partial charge on any atom is 0.0490 e. The van der Waals surface area contributed by atoms with E-state index in [0.29, 0.717) is 6.61 Å². The molecule has 1 aliphatic carbocycles. The molecule has 1 aromatic carbocycles. The molecule has 1 aliphatic rings. The fraction of sp³-hybridized carbons (Fsp3) is 0.500. The maximum atomic E-state index is 9.27. The molecule has 0 bridgehead atoms. The summed E-state index contributed by atoms with van der Waals surface area (Å²) in [6.07, 6.45) is 5.33. The Balaban J connectivity index is 2.15. The highest BCUT2D eigenvalue weighted by Crippen LogP contribution is 2.48. The van der Waals surface area contributed by atoms with Crippen molar-refractivity contribution in [2.45, 2.75) is 24.2 Å². The summed E-state index contributed by atoms with van der Waals surface area (Å²) in [5.41, 5.74) is 8.17. The summed E-state index contributed by atoms with van der Waals surface area (Å²) in [6.45, 7) is 0.311. The predicted molar refractivity (Wildman–Crippen MR) is 65.1 cm³/mol. The topological polar surface area (TPSA) is 46.2 Å². The van der Waals surface area contributed by atoms with E-state index in [9.17, 15) is 5.11 Å². The summed E-state index contributed by atoms with van der Waals surface area (Å²) < 4.78 is 0. The third kappa shape index (κ3) is 2.29. The van der Waals surface area contributed by atoms with E-state index in [-0.39, 0.29) is 5.41 Å². The van der Waals surface area contributed by atoms with Gasteiger partial charge in [-0.15, -0.1) is 11.8 Å². The molecule has 0 heterocycles. The number of aliphatic hydroxyl groups excluding tert-OH is 1. The number of aliphatic hydroxyl groups is 1. The molecule has 2 nitrogen and oxygen atoms in total. The number of nitrogens with two attached hydrogens (primary N) is 1. The van der Waals surface area contributed by atoms with E-state index in [0.717, 1.165) is 29.8 Å². The summed E-state index contributed by atoms with van der Waals surface area (Å²) in [6, 6.07) is 6.19. The van der Waals surface area contributed by atoms with Gasteiger partial charge in [0, 0.05) is 17.2 Å². The number of hydrogen-bond donors (Lipinski definition) is 2. The van der Waals surface area contributed by atoms with Crippen molar-refractivity contribution in [2.75, 3.05) is 18.6 Å². The number of hydrogen-bond acceptors (Lipinski definition) is 3. The fourth-order valence-corrected chi connectivity index (χ4v) is 2.44. The van der Waals surface area contributed by atoms with Crippen molar-refractivity contribution in [1.29, 1.82) is 0 Å². The second kappa shape index (κ2) is 4.06. The second-order valence-electron chi connectivity index (χ2n) is 4.41. The van der Waals surface area contributed by atoms with E-state index < -0.39 is 0 Å². The third-order valence-corrected chi connectivity index (χ3v) is 3.96. The van der Waals surface area contributed by atoms with Crippen molar-refractivity contribution >= 4 is 17.4 Å². The number of nitrogen functional groups attached to an aromatic ring is 1. The minimum Gasteiger partial charge on any atom is -0.398 e. The molecule has 0 aliphatic heterocycles. The molecule has 0 unspecified atom stereocenters. The van der Waals surface area contributed by atoms with Gasteiger partial charge >= 0.3 is 0 Å². The minimum atomic E-state index is 0.186. The smallest absolute Gasteiger partial charge is 0.0490 e. The van der Waals surface area contributed by atoms with Crippen molar-refractivity contribution in [3.8, 4) is 0 Å². The van der Waals surface area contributed by atoms with E-state index in [4.69, 9.17) is 5.73 Å². The van der Waals surface area contributed by atoms with Gasteiger partial charge in [-0.1, -0.05) is 6.07 Å². The summed E-state index contributed by atoms with van der Waals surface area (Å²) in [5.74, 6) is 0. The first-order valence-corrected chi connectivity index (χ1v) is 6.45. The van der Waals surface area contributed by atoms with Gasteiger partial charge in [0.05, 0.1) is 0 Å². The lowest BCUT2D eigenvalue weighted by molar-refractivity contribution is 0.211. The summed E-state index contributed by atoms with van der Waals surface area (Å²) in [5, 5.41) is 9.27. The standard InChI is InChI=1S/C12H17NOS/c1-15-11-6-9(2-3-10(11)13)7-12(8-14)4-5-12/h2-3,6,14H,4-5,7-8,13H2,1H3. The fourth-order valence-electron chi connectivity index (χ4n) is 1.87. The molecule has 1 aromatic rings. The SMILES string of the molecule is CSc1cc(CC2(CO)CC2)ccc1N. The van der Waals surface area contributed by atoms with Crippen LogP contribution in [0, 0.1) is 5.41 Å². The number of benzene rings is 1.